The van der Waals surface area contributed by atoms with E-state index in [2.05, 4.69) is 18.7 Å². The third-order valence-corrected chi connectivity index (χ3v) is 6.60. The number of fused-ring (bicyclic) bond motifs is 1. The number of carbonyl (C=O) groups excluding carboxylic acids is 2. The van der Waals surface area contributed by atoms with E-state index in [0.717, 1.165) is 49.2 Å². The smallest absolute Gasteiger partial charge is 0.227 e. The number of benzene rings is 2. The summed E-state index contributed by atoms with van der Waals surface area (Å²) in [6.07, 6.45) is 1.97. The molecule has 5 nitrogen and oxygen atoms in total. The molecule has 0 spiro atoms. The Bertz CT molecular complexity index is 1040. The van der Waals surface area contributed by atoms with Crippen LogP contribution in [0.4, 0.5) is 14.5 Å². The van der Waals surface area contributed by atoms with E-state index in [1.807, 2.05) is 31.2 Å². The molecule has 1 aliphatic rings. The zero-order valence-electron chi connectivity index (χ0n) is 21.3. The molecule has 0 unspecified atom stereocenters. The van der Waals surface area contributed by atoms with E-state index in [0.29, 0.717) is 30.4 Å². The normalized spacial score (nSPS) is 16.0. The summed E-state index contributed by atoms with van der Waals surface area (Å²) in [5.41, 5.74) is 2.79. The fraction of sp³-hybridized carbons (Fsp3) is 0.500. The molecule has 0 fully saturated rings. The highest BCUT2D eigenvalue weighted by molar-refractivity contribution is 5.94. The molecule has 1 heterocycles. The van der Waals surface area contributed by atoms with Crippen molar-refractivity contribution in [3.05, 3.63) is 64.7 Å². The zero-order valence-corrected chi connectivity index (χ0v) is 21.3. The number of carbonyl (C=O) groups is 2. The van der Waals surface area contributed by atoms with Gasteiger partial charge >= 0.3 is 0 Å². The van der Waals surface area contributed by atoms with E-state index < -0.39 is 11.6 Å². The Hall–Kier alpha value is -2.80. The van der Waals surface area contributed by atoms with Crippen LogP contribution in [-0.2, 0) is 22.6 Å². The number of hydrogen-bond donors (Lipinski definition) is 0. The molecule has 190 valence electrons. The molecule has 0 aromatic heterocycles. The first kappa shape index (κ1) is 26.8. The predicted molar refractivity (Wildman–Crippen MR) is 135 cm³/mol. The molecular weight excluding hydrogens is 448 g/mol. The molecule has 7 heteroatoms. The van der Waals surface area contributed by atoms with Crippen LogP contribution in [0.2, 0.25) is 0 Å². The number of aryl methyl sites for hydroxylation is 1. The van der Waals surface area contributed by atoms with Crippen molar-refractivity contribution in [2.24, 2.45) is 0 Å². The third-order valence-electron chi connectivity index (χ3n) is 6.60. The van der Waals surface area contributed by atoms with Gasteiger partial charge in [-0.25, -0.2) is 8.78 Å². The summed E-state index contributed by atoms with van der Waals surface area (Å²) in [6, 6.07) is 10.4. The monoisotopic (exact) mass is 485 g/mol. The summed E-state index contributed by atoms with van der Waals surface area (Å²) in [6.45, 7) is 10.6. The number of hydrogen-bond acceptors (Lipinski definition) is 3. The Morgan fingerprint density at radius 3 is 2.29 bits per heavy atom. The summed E-state index contributed by atoms with van der Waals surface area (Å²) in [5, 5.41) is 0. The van der Waals surface area contributed by atoms with E-state index in [1.54, 1.807) is 16.7 Å². The van der Waals surface area contributed by atoms with Crippen molar-refractivity contribution in [3.8, 4) is 0 Å². The summed E-state index contributed by atoms with van der Waals surface area (Å²) < 4.78 is 28.7. The molecule has 0 bridgehead atoms. The van der Waals surface area contributed by atoms with Gasteiger partial charge in [0.2, 0.25) is 11.8 Å². The van der Waals surface area contributed by atoms with Gasteiger partial charge in [-0.2, -0.15) is 0 Å². The molecule has 0 aliphatic carbocycles. The molecule has 2 amide bonds. The lowest BCUT2D eigenvalue weighted by Crippen LogP contribution is -2.41. The van der Waals surface area contributed by atoms with E-state index in [-0.39, 0.29) is 31.2 Å². The van der Waals surface area contributed by atoms with Crippen molar-refractivity contribution >= 4 is 17.5 Å². The van der Waals surface area contributed by atoms with Gasteiger partial charge in [0.05, 0.1) is 12.1 Å². The minimum absolute atomic E-state index is 0.0761. The maximum absolute atomic E-state index is 14.4. The fourth-order valence-electron chi connectivity index (χ4n) is 4.66. The maximum atomic E-state index is 14.4. The first-order valence-electron chi connectivity index (χ1n) is 12.5. The van der Waals surface area contributed by atoms with Crippen LogP contribution >= 0.6 is 0 Å². The van der Waals surface area contributed by atoms with Gasteiger partial charge < -0.3 is 14.7 Å². The van der Waals surface area contributed by atoms with Gasteiger partial charge in [-0.1, -0.05) is 36.8 Å². The molecule has 0 radical (unpaired) electrons. The Kier molecular flexibility index (Phi) is 9.38. The average Bonchev–Trinajstić information content (AvgIpc) is 2.80. The molecule has 2 aromatic carbocycles. The number of anilines is 1. The van der Waals surface area contributed by atoms with Crippen LogP contribution in [0.25, 0.3) is 0 Å². The van der Waals surface area contributed by atoms with Gasteiger partial charge in [0.1, 0.15) is 0 Å². The van der Waals surface area contributed by atoms with Crippen LogP contribution in [0.5, 0.6) is 0 Å². The standard InChI is InChI=1S/C28H37F2N3O2/c1-5-27(34)33-14-8-12-31(20(2)3)11-7-13-32(19-23-17-24(29)25(30)18-26(23)33)28(35)16-22-10-6-9-21(4)15-22/h6,9-10,15,17-18,20H,5,7-8,11-14,16,19H2,1-4H3. The lowest BCUT2D eigenvalue weighted by Gasteiger charge is -2.33. The molecule has 0 atom stereocenters. The van der Waals surface area contributed by atoms with Gasteiger partial charge in [0.25, 0.3) is 0 Å². The molecule has 35 heavy (non-hydrogen) atoms. The second kappa shape index (κ2) is 12.2. The average molecular weight is 486 g/mol. The lowest BCUT2D eigenvalue weighted by molar-refractivity contribution is -0.131. The minimum atomic E-state index is -0.994. The number of halogens is 2. The molecule has 1 aliphatic heterocycles. The van der Waals surface area contributed by atoms with E-state index >= 15 is 0 Å². The van der Waals surface area contributed by atoms with Crippen molar-refractivity contribution in [2.45, 2.75) is 66.0 Å². The van der Waals surface area contributed by atoms with Gasteiger partial charge in [0.15, 0.2) is 11.6 Å². The number of amides is 2. The highest BCUT2D eigenvalue weighted by Gasteiger charge is 2.25. The molecule has 0 N–H and O–H groups in total. The van der Waals surface area contributed by atoms with Crippen LogP contribution in [0.15, 0.2) is 36.4 Å². The minimum Gasteiger partial charge on any atom is -0.338 e. The highest BCUT2D eigenvalue weighted by atomic mass is 19.2. The summed E-state index contributed by atoms with van der Waals surface area (Å²) >= 11 is 0. The van der Waals surface area contributed by atoms with Crippen LogP contribution in [0.1, 0.15) is 56.7 Å². The van der Waals surface area contributed by atoms with E-state index in [9.17, 15) is 18.4 Å². The molecule has 0 saturated heterocycles. The Balaban J connectivity index is 1.99. The quantitative estimate of drug-likeness (QED) is 0.606. The first-order chi connectivity index (χ1) is 16.7. The van der Waals surface area contributed by atoms with E-state index in [1.165, 1.54) is 0 Å². The topological polar surface area (TPSA) is 43.9 Å². The van der Waals surface area contributed by atoms with Crippen molar-refractivity contribution in [2.75, 3.05) is 31.1 Å². The Morgan fingerprint density at radius 1 is 0.943 bits per heavy atom. The van der Waals surface area contributed by atoms with Crippen LogP contribution in [0.3, 0.4) is 0 Å². The molecule has 3 rings (SSSR count). The number of nitrogens with zero attached hydrogens (tertiary/aromatic N) is 3. The predicted octanol–water partition coefficient (Wildman–Crippen LogP) is 5.09. The van der Waals surface area contributed by atoms with Gasteiger partial charge in [-0.3, -0.25) is 9.59 Å². The second-order valence-electron chi connectivity index (χ2n) is 9.61. The van der Waals surface area contributed by atoms with Gasteiger partial charge in [0, 0.05) is 51.3 Å². The van der Waals surface area contributed by atoms with Crippen LogP contribution < -0.4 is 4.90 Å². The van der Waals surface area contributed by atoms with Crippen molar-refractivity contribution in [3.63, 3.8) is 0 Å². The van der Waals surface area contributed by atoms with Crippen molar-refractivity contribution in [1.29, 1.82) is 0 Å². The first-order valence-corrected chi connectivity index (χ1v) is 12.5. The summed E-state index contributed by atoms with van der Waals surface area (Å²) in [5.74, 6) is -2.20. The number of rotatable bonds is 4. The third kappa shape index (κ3) is 7.10. The zero-order chi connectivity index (χ0) is 25.5. The second-order valence-corrected chi connectivity index (χ2v) is 9.61. The fourth-order valence-corrected chi connectivity index (χ4v) is 4.66. The molecular formula is C28H37F2N3O2. The summed E-state index contributed by atoms with van der Waals surface area (Å²) in [7, 11) is 0. The Morgan fingerprint density at radius 2 is 1.63 bits per heavy atom. The molecule has 0 saturated carbocycles. The SMILES string of the molecule is CCC(=O)N1CCCN(C(C)C)CCCN(C(=O)Cc2cccc(C)c2)Cc2cc(F)c(F)cc21. The lowest BCUT2D eigenvalue weighted by atomic mass is 10.1. The van der Waals surface area contributed by atoms with Crippen molar-refractivity contribution in [1.82, 2.24) is 9.80 Å². The maximum Gasteiger partial charge on any atom is 0.227 e. The van der Waals surface area contributed by atoms with Gasteiger partial charge in [-0.05, 0) is 50.8 Å². The van der Waals surface area contributed by atoms with E-state index in [4.69, 9.17) is 0 Å². The molecule has 2 aromatic rings. The van der Waals surface area contributed by atoms with Crippen molar-refractivity contribution < 1.29 is 18.4 Å². The summed E-state index contributed by atoms with van der Waals surface area (Å²) in [4.78, 5) is 31.9. The Labute approximate surface area is 207 Å². The largest absolute Gasteiger partial charge is 0.338 e. The highest BCUT2D eigenvalue weighted by Crippen LogP contribution is 2.27. The van der Waals surface area contributed by atoms with Crippen LogP contribution in [-0.4, -0.2) is 53.8 Å². The van der Waals surface area contributed by atoms with Crippen LogP contribution in [0, 0.1) is 18.6 Å². The van der Waals surface area contributed by atoms with Gasteiger partial charge in [-0.15, -0.1) is 0 Å².